The maximum absolute atomic E-state index is 3.85. The molecule has 0 spiro atoms. The van der Waals surface area contributed by atoms with Gasteiger partial charge in [0.1, 0.15) is 0 Å². The van der Waals surface area contributed by atoms with Crippen molar-refractivity contribution in [3.63, 3.8) is 0 Å². The molecule has 0 saturated heterocycles. The Morgan fingerprint density at radius 1 is 0.857 bits per heavy atom. The van der Waals surface area contributed by atoms with Gasteiger partial charge < -0.3 is 10.6 Å². The Labute approximate surface area is 147 Å². The summed E-state index contributed by atoms with van der Waals surface area (Å²) < 4.78 is 0.178. The van der Waals surface area contributed by atoms with E-state index in [9.17, 15) is 0 Å². The van der Waals surface area contributed by atoms with Gasteiger partial charge in [-0.05, 0) is 57.4 Å². The Kier molecular flexibility index (Phi) is 8.21. The third-order valence-electron chi connectivity index (χ3n) is 4.01. The monoisotopic (exact) mass is 410 g/mol. The summed E-state index contributed by atoms with van der Waals surface area (Å²) in [4.78, 5) is 0. The first kappa shape index (κ1) is 21.6. The highest BCUT2D eigenvalue weighted by Crippen LogP contribution is 2.33. The van der Waals surface area contributed by atoms with Gasteiger partial charge in [0.05, 0.1) is 3.55 Å². The van der Waals surface area contributed by atoms with Gasteiger partial charge in [0.2, 0.25) is 0 Å². The van der Waals surface area contributed by atoms with Crippen LogP contribution in [0.4, 0.5) is 0 Å². The van der Waals surface area contributed by atoms with E-state index in [1.165, 1.54) is 19.3 Å². The lowest BCUT2D eigenvalue weighted by Crippen LogP contribution is -2.49. The lowest BCUT2D eigenvalue weighted by Gasteiger charge is -2.38. The molecule has 3 heteroatoms. The molecule has 0 aliphatic heterocycles. The molecular weight excluding hydrogens is 371 g/mol. The Bertz CT molecular complexity index is 299. The molecule has 0 aromatic rings. The quantitative estimate of drug-likeness (QED) is 0.304. The highest BCUT2D eigenvalue weighted by molar-refractivity contribution is 14.1. The number of nitrogens with one attached hydrogen (secondary N) is 2. The Balaban J connectivity index is 4.41. The molecule has 0 amide bonds. The second-order valence-electron chi connectivity index (χ2n) is 9.32. The van der Waals surface area contributed by atoms with Gasteiger partial charge in [0.15, 0.2) is 0 Å². The molecule has 1 unspecified atom stereocenters. The van der Waals surface area contributed by atoms with Gasteiger partial charge in [-0.1, -0.05) is 64.1 Å². The van der Waals surface area contributed by atoms with Crippen LogP contribution in [0.3, 0.4) is 0 Å². The van der Waals surface area contributed by atoms with Gasteiger partial charge in [-0.3, -0.25) is 0 Å². The first-order valence-electron chi connectivity index (χ1n) is 8.37. The van der Waals surface area contributed by atoms with E-state index in [0.717, 1.165) is 13.1 Å². The molecule has 0 saturated carbocycles. The van der Waals surface area contributed by atoms with E-state index in [1.807, 2.05) is 0 Å². The van der Waals surface area contributed by atoms with Crippen molar-refractivity contribution in [2.75, 3.05) is 13.1 Å². The molecule has 128 valence electrons. The third kappa shape index (κ3) is 11.8. The normalized spacial score (nSPS) is 16.9. The standard InChI is InChI=1S/C18H39IN2/c1-10-18(9,11-12-20-17(7,8)19)21-14-16(5,6)13-15(2,3)4/h20-21H,10-14H2,1-9H3. The SMILES string of the molecule is CCC(C)(CCNC(C)(C)I)NCC(C)(C)CC(C)(C)C. The molecule has 0 aliphatic carbocycles. The minimum absolute atomic E-state index is 0.178. The van der Waals surface area contributed by atoms with Gasteiger partial charge >= 0.3 is 0 Å². The van der Waals surface area contributed by atoms with Crippen LogP contribution in [-0.2, 0) is 0 Å². The van der Waals surface area contributed by atoms with E-state index >= 15 is 0 Å². The van der Waals surface area contributed by atoms with E-state index in [2.05, 4.69) is 95.5 Å². The minimum atomic E-state index is 0.178. The molecular formula is C18H39IN2. The van der Waals surface area contributed by atoms with Crippen molar-refractivity contribution in [1.82, 2.24) is 10.6 Å². The first-order chi connectivity index (χ1) is 9.18. The second kappa shape index (κ2) is 7.96. The molecule has 0 bridgehead atoms. The van der Waals surface area contributed by atoms with Crippen molar-refractivity contribution in [2.24, 2.45) is 10.8 Å². The molecule has 21 heavy (non-hydrogen) atoms. The lowest BCUT2D eigenvalue weighted by molar-refractivity contribution is 0.178. The van der Waals surface area contributed by atoms with Gasteiger partial charge in [0, 0.05) is 12.1 Å². The number of hydrogen-bond acceptors (Lipinski definition) is 2. The maximum atomic E-state index is 3.85. The van der Waals surface area contributed by atoms with Gasteiger partial charge in [-0.2, -0.15) is 0 Å². The van der Waals surface area contributed by atoms with Crippen molar-refractivity contribution in [1.29, 1.82) is 0 Å². The van der Waals surface area contributed by atoms with Crippen molar-refractivity contribution >= 4 is 22.6 Å². The number of rotatable bonds is 9. The first-order valence-corrected chi connectivity index (χ1v) is 9.45. The van der Waals surface area contributed by atoms with Crippen LogP contribution in [0, 0.1) is 10.8 Å². The fourth-order valence-electron chi connectivity index (χ4n) is 2.98. The summed E-state index contributed by atoms with van der Waals surface area (Å²) in [5.41, 5.74) is 0.954. The summed E-state index contributed by atoms with van der Waals surface area (Å²) >= 11 is 2.46. The summed E-state index contributed by atoms with van der Waals surface area (Å²) in [6.45, 7) is 23.0. The van der Waals surface area contributed by atoms with Crippen molar-refractivity contribution in [3.05, 3.63) is 0 Å². The smallest absolute Gasteiger partial charge is 0.0648 e. The fraction of sp³-hybridized carbons (Fsp3) is 1.00. The van der Waals surface area contributed by atoms with Gasteiger partial charge in [-0.15, -0.1) is 0 Å². The maximum Gasteiger partial charge on any atom is 0.0648 e. The zero-order valence-electron chi connectivity index (χ0n) is 15.9. The molecule has 0 heterocycles. The Morgan fingerprint density at radius 2 is 1.38 bits per heavy atom. The van der Waals surface area contributed by atoms with Crippen molar-refractivity contribution in [2.45, 2.75) is 90.7 Å². The summed E-state index contributed by atoms with van der Waals surface area (Å²) in [6.07, 6.45) is 3.58. The molecule has 2 nitrogen and oxygen atoms in total. The van der Waals surface area contributed by atoms with Crippen LogP contribution in [0.5, 0.6) is 0 Å². The zero-order chi connectivity index (χ0) is 16.9. The van der Waals surface area contributed by atoms with Crippen molar-refractivity contribution < 1.29 is 0 Å². The molecule has 2 N–H and O–H groups in total. The summed E-state index contributed by atoms with van der Waals surface area (Å²) in [5.74, 6) is 0. The Morgan fingerprint density at radius 3 is 1.76 bits per heavy atom. The summed E-state index contributed by atoms with van der Waals surface area (Å²) in [6, 6.07) is 0. The van der Waals surface area contributed by atoms with Crippen LogP contribution in [-0.4, -0.2) is 22.2 Å². The molecule has 0 aromatic heterocycles. The highest BCUT2D eigenvalue weighted by Gasteiger charge is 2.29. The predicted octanol–water partition coefficient (Wildman–Crippen LogP) is 5.36. The average molecular weight is 410 g/mol. The second-order valence-corrected chi connectivity index (χ2v) is 12.0. The van der Waals surface area contributed by atoms with E-state index in [0.29, 0.717) is 10.8 Å². The van der Waals surface area contributed by atoms with E-state index in [-0.39, 0.29) is 9.08 Å². The fourth-order valence-corrected chi connectivity index (χ4v) is 3.25. The van der Waals surface area contributed by atoms with E-state index in [4.69, 9.17) is 0 Å². The van der Waals surface area contributed by atoms with Crippen LogP contribution in [0.15, 0.2) is 0 Å². The third-order valence-corrected chi connectivity index (χ3v) is 4.39. The molecule has 0 fully saturated rings. The number of halogens is 1. The number of alkyl halides is 1. The van der Waals surface area contributed by atoms with E-state index < -0.39 is 0 Å². The lowest BCUT2D eigenvalue weighted by atomic mass is 9.75. The molecule has 0 aromatic carbocycles. The van der Waals surface area contributed by atoms with E-state index in [1.54, 1.807) is 0 Å². The average Bonchev–Trinajstić information content (AvgIpc) is 2.21. The number of hydrogen-bond donors (Lipinski definition) is 2. The van der Waals surface area contributed by atoms with Crippen LogP contribution < -0.4 is 10.6 Å². The topological polar surface area (TPSA) is 24.1 Å². The van der Waals surface area contributed by atoms with Crippen LogP contribution in [0.2, 0.25) is 0 Å². The zero-order valence-corrected chi connectivity index (χ0v) is 18.1. The molecule has 0 radical (unpaired) electrons. The van der Waals surface area contributed by atoms with Crippen LogP contribution in [0.1, 0.15) is 81.6 Å². The van der Waals surface area contributed by atoms with Crippen LogP contribution in [0.25, 0.3) is 0 Å². The van der Waals surface area contributed by atoms with Crippen molar-refractivity contribution in [3.8, 4) is 0 Å². The summed E-state index contributed by atoms with van der Waals surface area (Å²) in [5, 5.41) is 7.45. The minimum Gasteiger partial charge on any atom is -0.311 e. The predicted molar refractivity (Wildman–Crippen MR) is 105 cm³/mol. The molecule has 0 rings (SSSR count). The van der Waals surface area contributed by atoms with Gasteiger partial charge in [-0.25, -0.2) is 0 Å². The summed E-state index contributed by atoms with van der Waals surface area (Å²) in [7, 11) is 0. The Hall–Kier alpha value is 0.650. The molecule has 0 aliphatic rings. The highest BCUT2D eigenvalue weighted by atomic mass is 127. The molecule has 1 atom stereocenters. The van der Waals surface area contributed by atoms with Crippen LogP contribution >= 0.6 is 22.6 Å². The largest absolute Gasteiger partial charge is 0.311 e. The van der Waals surface area contributed by atoms with Gasteiger partial charge in [0.25, 0.3) is 0 Å².